The average molecular weight is 273 g/mol. The van der Waals surface area contributed by atoms with Crippen molar-refractivity contribution in [2.75, 3.05) is 5.32 Å². The first-order chi connectivity index (χ1) is 9.22. The molecule has 0 aliphatic carbocycles. The van der Waals surface area contributed by atoms with Gasteiger partial charge in [-0.05, 0) is 18.6 Å². The van der Waals surface area contributed by atoms with E-state index in [4.69, 9.17) is 0 Å². The highest BCUT2D eigenvalue weighted by Gasteiger charge is 2.25. The van der Waals surface area contributed by atoms with Gasteiger partial charge in [0, 0.05) is 23.2 Å². The van der Waals surface area contributed by atoms with Crippen LogP contribution in [0.25, 0.3) is 0 Å². The van der Waals surface area contributed by atoms with Crippen LogP contribution in [-0.4, -0.2) is 16.9 Å². The molecule has 98 valence electrons. The third-order valence-corrected chi connectivity index (χ3v) is 4.11. The van der Waals surface area contributed by atoms with Crippen LogP contribution in [0.4, 0.5) is 5.69 Å². The van der Waals surface area contributed by atoms with Crippen molar-refractivity contribution in [3.8, 4) is 0 Å². The topological polar surface area (TPSA) is 54.0 Å². The van der Waals surface area contributed by atoms with E-state index in [1.54, 1.807) is 11.3 Å². The Labute approximate surface area is 115 Å². The Bertz CT molecular complexity index is 583. The van der Waals surface area contributed by atoms with Crippen molar-refractivity contribution in [1.82, 2.24) is 10.3 Å². The molecule has 0 saturated heterocycles. The number of rotatable bonds is 3. The zero-order chi connectivity index (χ0) is 13.2. The van der Waals surface area contributed by atoms with Crippen molar-refractivity contribution in [1.29, 1.82) is 0 Å². The van der Waals surface area contributed by atoms with E-state index in [1.165, 1.54) is 5.56 Å². The minimum atomic E-state index is -0.161. The summed E-state index contributed by atoms with van der Waals surface area (Å²) in [6, 6.07) is 7.89. The lowest BCUT2D eigenvalue weighted by molar-refractivity contribution is -0.121. The fraction of sp³-hybridized carbons (Fsp3) is 0.286. The van der Waals surface area contributed by atoms with E-state index < -0.39 is 0 Å². The van der Waals surface area contributed by atoms with Gasteiger partial charge >= 0.3 is 0 Å². The van der Waals surface area contributed by atoms with Gasteiger partial charge in [0.25, 0.3) is 0 Å². The number of thiazole rings is 1. The zero-order valence-corrected chi connectivity index (χ0v) is 11.5. The van der Waals surface area contributed by atoms with Crippen molar-refractivity contribution in [3.63, 3.8) is 0 Å². The number of para-hydroxylation sites is 1. The Hall–Kier alpha value is -1.88. The second kappa shape index (κ2) is 5.01. The number of hydrogen-bond acceptors (Lipinski definition) is 4. The van der Waals surface area contributed by atoms with Gasteiger partial charge in [-0.15, -0.1) is 11.3 Å². The summed E-state index contributed by atoms with van der Waals surface area (Å²) in [4.78, 5) is 17.4. The van der Waals surface area contributed by atoms with Crippen LogP contribution < -0.4 is 10.6 Å². The molecule has 1 aliphatic rings. The molecule has 1 aromatic carbocycles. The first-order valence-corrected chi connectivity index (χ1v) is 7.07. The van der Waals surface area contributed by atoms with E-state index in [2.05, 4.69) is 21.7 Å². The molecule has 2 aromatic rings. The predicted molar refractivity (Wildman–Crippen MR) is 76.3 cm³/mol. The number of hydrogen-bond donors (Lipinski definition) is 2. The Morgan fingerprint density at radius 3 is 3.11 bits per heavy atom. The molecule has 0 radical (unpaired) electrons. The smallest absolute Gasteiger partial charge is 0.243 e. The molecule has 0 fully saturated rings. The Balaban J connectivity index is 1.58. The van der Waals surface area contributed by atoms with Crippen molar-refractivity contribution >= 4 is 22.9 Å². The Morgan fingerprint density at radius 1 is 1.53 bits per heavy atom. The van der Waals surface area contributed by atoms with E-state index in [9.17, 15) is 4.79 Å². The Morgan fingerprint density at radius 2 is 2.37 bits per heavy atom. The largest absolute Gasteiger partial charge is 0.373 e. The van der Waals surface area contributed by atoms with Gasteiger partial charge in [0.1, 0.15) is 6.04 Å². The monoisotopic (exact) mass is 273 g/mol. The zero-order valence-electron chi connectivity index (χ0n) is 10.6. The molecule has 1 amide bonds. The highest BCUT2D eigenvalue weighted by Crippen LogP contribution is 2.25. The van der Waals surface area contributed by atoms with Gasteiger partial charge in [0.2, 0.25) is 5.91 Å². The number of carbonyl (C=O) groups excluding carboxylic acids is 1. The average Bonchev–Trinajstić information content (AvgIpc) is 3.01. The summed E-state index contributed by atoms with van der Waals surface area (Å²) >= 11 is 1.61. The summed E-state index contributed by atoms with van der Waals surface area (Å²) in [7, 11) is 0. The van der Waals surface area contributed by atoms with E-state index in [0.717, 1.165) is 22.0 Å². The number of aryl methyl sites for hydroxylation is 1. The number of aromatic nitrogens is 1. The van der Waals surface area contributed by atoms with Crippen LogP contribution in [0.15, 0.2) is 30.5 Å². The molecule has 3 rings (SSSR count). The molecule has 1 aromatic heterocycles. The quantitative estimate of drug-likeness (QED) is 0.900. The molecule has 1 aliphatic heterocycles. The van der Waals surface area contributed by atoms with E-state index >= 15 is 0 Å². The first-order valence-electron chi connectivity index (χ1n) is 6.26. The number of nitrogens with zero attached hydrogens (tertiary/aromatic N) is 1. The maximum atomic E-state index is 12.1. The predicted octanol–water partition coefficient (Wildman–Crippen LogP) is 2.10. The Kier molecular flexibility index (Phi) is 3.21. The summed E-state index contributed by atoms with van der Waals surface area (Å²) in [5.41, 5.74) is 2.27. The summed E-state index contributed by atoms with van der Waals surface area (Å²) in [6.07, 6.45) is 2.57. The number of anilines is 1. The van der Waals surface area contributed by atoms with Gasteiger partial charge in [-0.1, -0.05) is 18.2 Å². The molecular weight excluding hydrogens is 258 g/mol. The highest BCUT2D eigenvalue weighted by molar-refractivity contribution is 7.11. The van der Waals surface area contributed by atoms with Crippen LogP contribution in [0, 0.1) is 6.92 Å². The molecule has 0 bridgehead atoms. The lowest BCUT2D eigenvalue weighted by atomic mass is 10.1. The number of nitrogens with one attached hydrogen (secondary N) is 2. The van der Waals surface area contributed by atoms with Gasteiger partial charge < -0.3 is 10.6 Å². The highest BCUT2D eigenvalue weighted by atomic mass is 32.1. The number of carbonyl (C=O) groups is 1. The lowest BCUT2D eigenvalue weighted by Crippen LogP contribution is -2.37. The molecule has 5 heteroatoms. The molecule has 0 unspecified atom stereocenters. The molecule has 0 spiro atoms. The molecule has 2 heterocycles. The standard InChI is InChI=1S/C14H15N3OS/c1-9-15-7-11(19-9)8-16-14(18)13-6-10-4-2-3-5-12(10)17-13/h2-5,7,13,17H,6,8H2,1H3,(H,16,18)/t13-/m0/s1. The van der Waals surface area contributed by atoms with Crippen molar-refractivity contribution in [2.24, 2.45) is 0 Å². The van der Waals surface area contributed by atoms with Crippen molar-refractivity contribution in [3.05, 3.63) is 45.9 Å². The summed E-state index contributed by atoms with van der Waals surface area (Å²) < 4.78 is 0. The molecule has 2 N–H and O–H groups in total. The normalized spacial score (nSPS) is 16.8. The molecule has 4 nitrogen and oxygen atoms in total. The van der Waals surface area contributed by atoms with Crippen LogP contribution >= 0.6 is 11.3 Å². The molecule has 0 saturated carbocycles. The van der Waals surface area contributed by atoms with Crippen LogP contribution in [0.1, 0.15) is 15.4 Å². The minimum absolute atomic E-state index is 0.0438. The summed E-state index contributed by atoms with van der Waals surface area (Å²) in [5.74, 6) is 0.0438. The summed E-state index contributed by atoms with van der Waals surface area (Å²) in [5, 5.41) is 7.23. The van der Waals surface area contributed by atoms with E-state index in [1.807, 2.05) is 31.3 Å². The van der Waals surface area contributed by atoms with E-state index in [0.29, 0.717) is 6.54 Å². The van der Waals surface area contributed by atoms with Gasteiger partial charge in [0.15, 0.2) is 0 Å². The van der Waals surface area contributed by atoms with Gasteiger partial charge in [-0.2, -0.15) is 0 Å². The van der Waals surface area contributed by atoms with Crippen LogP contribution in [-0.2, 0) is 17.8 Å². The third-order valence-electron chi connectivity index (χ3n) is 3.19. The third kappa shape index (κ3) is 2.61. The maximum absolute atomic E-state index is 12.1. The van der Waals surface area contributed by atoms with Crippen LogP contribution in [0.3, 0.4) is 0 Å². The molecule has 1 atom stereocenters. The fourth-order valence-corrected chi connectivity index (χ4v) is 2.98. The second-order valence-electron chi connectivity index (χ2n) is 4.62. The maximum Gasteiger partial charge on any atom is 0.243 e. The first kappa shape index (κ1) is 12.2. The summed E-state index contributed by atoms with van der Waals surface area (Å²) in [6.45, 7) is 2.52. The van der Waals surface area contributed by atoms with Crippen LogP contribution in [0.5, 0.6) is 0 Å². The van der Waals surface area contributed by atoms with Crippen LogP contribution in [0.2, 0.25) is 0 Å². The van der Waals surface area contributed by atoms with Gasteiger partial charge in [-0.3, -0.25) is 4.79 Å². The fourth-order valence-electron chi connectivity index (χ4n) is 2.24. The lowest BCUT2D eigenvalue weighted by Gasteiger charge is -2.11. The molecular formula is C14H15N3OS. The number of benzene rings is 1. The van der Waals surface area contributed by atoms with Gasteiger partial charge in [0.05, 0.1) is 11.6 Å². The number of fused-ring (bicyclic) bond motifs is 1. The van der Waals surface area contributed by atoms with Gasteiger partial charge in [-0.25, -0.2) is 4.98 Å². The molecule has 19 heavy (non-hydrogen) atoms. The second-order valence-corrected chi connectivity index (χ2v) is 5.94. The van der Waals surface area contributed by atoms with E-state index in [-0.39, 0.29) is 11.9 Å². The van der Waals surface area contributed by atoms with Crippen molar-refractivity contribution < 1.29 is 4.79 Å². The number of amides is 1. The van der Waals surface area contributed by atoms with Crippen molar-refractivity contribution in [2.45, 2.75) is 25.9 Å². The SMILES string of the molecule is Cc1ncc(CNC(=O)[C@@H]2Cc3ccccc3N2)s1. The minimum Gasteiger partial charge on any atom is -0.373 e.